The minimum Gasteiger partial charge on any atom is -0.497 e. The normalized spacial score (nSPS) is 19.9. The summed E-state index contributed by atoms with van der Waals surface area (Å²) >= 11 is 0. The molecule has 2 aromatic heterocycles. The summed E-state index contributed by atoms with van der Waals surface area (Å²) in [5.41, 5.74) is 1.56. The molecule has 0 bridgehead atoms. The Labute approximate surface area is 155 Å². The quantitative estimate of drug-likeness (QED) is 0.712. The maximum absolute atomic E-state index is 13.9. The summed E-state index contributed by atoms with van der Waals surface area (Å²) in [6.45, 7) is 1.21. The first-order valence-electron chi connectivity index (χ1n) is 8.96. The Morgan fingerprint density at radius 2 is 2.11 bits per heavy atom. The van der Waals surface area contributed by atoms with Gasteiger partial charge < -0.3 is 19.0 Å². The zero-order valence-electron chi connectivity index (χ0n) is 15.0. The van der Waals surface area contributed by atoms with Crippen molar-refractivity contribution in [2.45, 2.75) is 25.4 Å². The molecule has 0 saturated carbocycles. The summed E-state index contributed by atoms with van der Waals surface area (Å²) in [6, 6.07) is 7.47. The molecule has 1 saturated heterocycles. The predicted octanol–water partition coefficient (Wildman–Crippen LogP) is 2.81. The van der Waals surface area contributed by atoms with Crippen LogP contribution in [0.4, 0.5) is 4.39 Å². The van der Waals surface area contributed by atoms with Crippen molar-refractivity contribution in [2.75, 3.05) is 20.2 Å². The third-order valence-corrected chi connectivity index (χ3v) is 4.72. The number of hydrogen-bond donors (Lipinski definition) is 1. The summed E-state index contributed by atoms with van der Waals surface area (Å²) in [7, 11) is 1.62. The number of benzene rings is 1. The van der Waals surface area contributed by atoms with E-state index in [0.717, 1.165) is 24.3 Å². The molecule has 142 valence electrons. The molecule has 27 heavy (non-hydrogen) atoms. The van der Waals surface area contributed by atoms with Crippen molar-refractivity contribution in [2.24, 2.45) is 5.92 Å². The number of oxazole rings is 1. The van der Waals surface area contributed by atoms with Crippen LogP contribution in [0.5, 0.6) is 5.75 Å². The van der Waals surface area contributed by atoms with Crippen LogP contribution in [-0.4, -0.2) is 41.5 Å². The highest BCUT2D eigenvalue weighted by molar-refractivity contribution is 5.54. The van der Waals surface area contributed by atoms with Crippen LogP contribution in [0, 0.1) is 5.92 Å². The second-order valence-corrected chi connectivity index (χ2v) is 6.63. The van der Waals surface area contributed by atoms with Crippen molar-refractivity contribution < 1.29 is 18.1 Å². The van der Waals surface area contributed by atoms with Crippen LogP contribution in [-0.2, 0) is 12.8 Å². The number of piperidine rings is 1. The Morgan fingerprint density at radius 1 is 1.26 bits per heavy atom. The summed E-state index contributed by atoms with van der Waals surface area (Å²) < 4.78 is 29.9. The fraction of sp³-hybridized carbons (Fsp3) is 0.421. The number of methoxy groups -OCH3 is 1. The SMILES string of the molecule is COc1ccc(-c2nc(Cc3noc(CC4CCNCC4F)n3)co2)cc1. The first kappa shape index (κ1) is 17.7. The highest BCUT2D eigenvalue weighted by atomic mass is 19.1. The smallest absolute Gasteiger partial charge is 0.227 e. The van der Waals surface area contributed by atoms with Crippen LogP contribution in [0.1, 0.15) is 23.8 Å². The van der Waals surface area contributed by atoms with Gasteiger partial charge in [0.1, 0.15) is 18.2 Å². The van der Waals surface area contributed by atoms with Crippen LogP contribution in [0.3, 0.4) is 0 Å². The van der Waals surface area contributed by atoms with E-state index >= 15 is 0 Å². The average Bonchev–Trinajstić information content (AvgIpc) is 3.34. The fourth-order valence-corrected chi connectivity index (χ4v) is 3.19. The predicted molar refractivity (Wildman–Crippen MR) is 95.2 cm³/mol. The Morgan fingerprint density at radius 3 is 2.89 bits per heavy atom. The third-order valence-electron chi connectivity index (χ3n) is 4.72. The molecule has 3 heterocycles. The maximum atomic E-state index is 13.9. The standard InChI is InChI=1S/C19H21FN4O3/c1-25-15-4-2-12(3-5-15)19-22-14(11-26-19)9-17-23-18(27-24-17)8-13-6-7-21-10-16(13)20/h2-5,11,13,16,21H,6-10H2,1H3. The highest BCUT2D eigenvalue weighted by Gasteiger charge is 2.26. The molecule has 0 amide bonds. The van der Waals surface area contributed by atoms with Gasteiger partial charge in [-0.3, -0.25) is 0 Å². The monoisotopic (exact) mass is 372 g/mol. The van der Waals surface area contributed by atoms with Gasteiger partial charge in [0, 0.05) is 24.4 Å². The Kier molecular flexibility index (Phi) is 5.15. The summed E-state index contributed by atoms with van der Waals surface area (Å²) in [6.07, 6.45) is 2.34. The first-order valence-corrected chi connectivity index (χ1v) is 8.96. The van der Waals surface area contributed by atoms with E-state index in [9.17, 15) is 4.39 Å². The van der Waals surface area contributed by atoms with E-state index in [1.54, 1.807) is 13.4 Å². The van der Waals surface area contributed by atoms with E-state index in [-0.39, 0.29) is 5.92 Å². The third kappa shape index (κ3) is 4.16. The van der Waals surface area contributed by atoms with Gasteiger partial charge in [0.2, 0.25) is 11.8 Å². The van der Waals surface area contributed by atoms with E-state index in [4.69, 9.17) is 13.7 Å². The van der Waals surface area contributed by atoms with Crippen molar-refractivity contribution in [3.8, 4) is 17.2 Å². The topological polar surface area (TPSA) is 86.2 Å². The molecule has 2 atom stereocenters. The lowest BCUT2D eigenvalue weighted by Crippen LogP contribution is -2.38. The summed E-state index contributed by atoms with van der Waals surface area (Å²) in [4.78, 5) is 8.85. The Hall–Kier alpha value is -2.74. The van der Waals surface area contributed by atoms with Crippen molar-refractivity contribution in [1.29, 1.82) is 0 Å². The molecule has 7 nitrogen and oxygen atoms in total. The van der Waals surface area contributed by atoms with E-state index in [1.165, 1.54) is 0 Å². The van der Waals surface area contributed by atoms with Crippen LogP contribution in [0.15, 0.2) is 39.5 Å². The molecule has 4 rings (SSSR count). The molecule has 3 aromatic rings. The molecule has 2 unspecified atom stereocenters. The minimum absolute atomic E-state index is 0.0757. The molecule has 1 N–H and O–H groups in total. The zero-order chi connectivity index (χ0) is 18.6. The number of nitrogens with one attached hydrogen (secondary N) is 1. The molecule has 0 radical (unpaired) electrons. The second kappa shape index (κ2) is 7.87. The van der Waals surface area contributed by atoms with Gasteiger partial charge in [0.05, 0.1) is 19.2 Å². The number of aromatic nitrogens is 3. The second-order valence-electron chi connectivity index (χ2n) is 6.63. The van der Waals surface area contributed by atoms with Crippen molar-refractivity contribution in [3.63, 3.8) is 0 Å². The number of hydrogen-bond acceptors (Lipinski definition) is 7. The first-order chi connectivity index (χ1) is 13.2. The average molecular weight is 372 g/mol. The van der Waals surface area contributed by atoms with Gasteiger partial charge in [-0.05, 0) is 37.2 Å². The molecule has 8 heteroatoms. The van der Waals surface area contributed by atoms with Gasteiger partial charge >= 0.3 is 0 Å². The lowest BCUT2D eigenvalue weighted by molar-refractivity contribution is 0.169. The van der Waals surface area contributed by atoms with E-state index in [2.05, 4.69) is 20.4 Å². The Bertz CT molecular complexity index is 877. The zero-order valence-corrected chi connectivity index (χ0v) is 15.0. The molecule has 0 spiro atoms. The van der Waals surface area contributed by atoms with Crippen molar-refractivity contribution in [1.82, 2.24) is 20.4 Å². The summed E-state index contributed by atoms with van der Waals surface area (Å²) in [5.74, 6) is 2.20. The lowest BCUT2D eigenvalue weighted by Gasteiger charge is -2.25. The molecular weight excluding hydrogens is 351 g/mol. The van der Waals surface area contributed by atoms with Crippen LogP contribution in [0.2, 0.25) is 0 Å². The minimum atomic E-state index is -0.878. The molecule has 1 aromatic carbocycles. The van der Waals surface area contributed by atoms with Gasteiger partial charge in [0.15, 0.2) is 5.82 Å². The van der Waals surface area contributed by atoms with Gasteiger partial charge in [-0.1, -0.05) is 5.16 Å². The van der Waals surface area contributed by atoms with Gasteiger partial charge in [-0.25, -0.2) is 9.37 Å². The van der Waals surface area contributed by atoms with Crippen LogP contribution < -0.4 is 10.1 Å². The van der Waals surface area contributed by atoms with Crippen molar-refractivity contribution >= 4 is 0 Å². The van der Waals surface area contributed by atoms with Gasteiger partial charge in [-0.15, -0.1) is 0 Å². The molecule has 1 fully saturated rings. The van der Waals surface area contributed by atoms with Crippen molar-refractivity contribution in [3.05, 3.63) is 47.9 Å². The number of nitrogens with zero attached hydrogens (tertiary/aromatic N) is 3. The molecule has 1 aliphatic heterocycles. The largest absolute Gasteiger partial charge is 0.497 e. The molecular formula is C19H21FN4O3. The number of rotatable bonds is 6. The highest BCUT2D eigenvalue weighted by Crippen LogP contribution is 2.23. The summed E-state index contributed by atoms with van der Waals surface area (Å²) in [5, 5.41) is 7.03. The number of ether oxygens (including phenoxy) is 1. The maximum Gasteiger partial charge on any atom is 0.227 e. The fourth-order valence-electron chi connectivity index (χ4n) is 3.19. The number of halogens is 1. The van der Waals surface area contributed by atoms with E-state index in [0.29, 0.717) is 42.7 Å². The molecule has 1 aliphatic rings. The number of alkyl halides is 1. The van der Waals surface area contributed by atoms with Gasteiger partial charge in [0.25, 0.3) is 0 Å². The van der Waals surface area contributed by atoms with Crippen LogP contribution >= 0.6 is 0 Å². The van der Waals surface area contributed by atoms with E-state index in [1.807, 2.05) is 24.3 Å². The Balaban J connectivity index is 1.39. The van der Waals surface area contributed by atoms with Crippen LogP contribution in [0.25, 0.3) is 11.5 Å². The van der Waals surface area contributed by atoms with E-state index < -0.39 is 6.17 Å². The lowest BCUT2D eigenvalue weighted by atomic mass is 9.93. The molecule has 0 aliphatic carbocycles. The van der Waals surface area contributed by atoms with Gasteiger partial charge in [-0.2, -0.15) is 4.98 Å².